The Morgan fingerprint density at radius 3 is 2.38 bits per heavy atom. The summed E-state index contributed by atoms with van der Waals surface area (Å²) in [6, 6.07) is 13.3. The van der Waals surface area contributed by atoms with Crippen LogP contribution in [0.15, 0.2) is 54.3 Å². The van der Waals surface area contributed by atoms with Crippen molar-refractivity contribution < 1.29 is 18.7 Å². The fourth-order valence-corrected chi connectivity index (χ4v) is 3.50. The van der Waals surface area contributed by atoms with Gasteiger partial charge in [-0.15, -0.1) is 0 Å². The molecule has 0 radical (unpaired) electrons. The van der Waals surface area contributed by atoms with Gasteiger partial charge in [0, 0.05) is 15.7 Å². The van der Waals surface area contributed by atoms with E-state index in [1.807, 2.05) is 0 Å². The molecule has 5 nitrogen and oxygen atoms in total. The molecule has 0 unspecified atom stereocenters. The van der Waals surface area contributed by atoms with Crippen molar-refractivity contribution in [2.24, 2.45) is 0 Å². The number of allylic oxidation sites excluding steroid dienone is 1. The molecule has 2 amide bonds. The molecule has 0 aliphatic carbocycles. The summed E-state index contributed by atoms with van der Waals surface area (Å²) < 4.78 is 19.0. The zero-order chi connectivity index (χ0) is 21.2. The highest BCUT2D eigenvalue weighted by Gasteiger charge is 2.42. The van der Waals surface area contributed by atoms with Crippen LogP contribution in [0, 0.1) is 0 Å². The number of rotatable bonds is 5. The maximum absolute atomic E-state index is 13.5. The third-order valence-electron chi connectivity index (χ3n) is 4.64. The summed E-state index contributed by atoms with van der Waals surface area (Å²) in [5.41, 5.74) is -0.277. The first-order valence-corrected chi connectivity index (χ1v) is 9.56. The van der Waals surface area contributed by atoms with E-state index in [9.17, 15) is 14.0 Å². The Kier molecular flexibility index (Phi) is 6.15. The van der Waals surface area contributed by atoms with E-state index in [1.165, 1.54) is 4.90 Å². The minimum atomic E-state index is -1.30. The Hall–Kier alpha value is -2.57. The van der Waals surface area contributed by atoms with Crippen LogP contribution in [0.1, 0.15) is 19.4 Å². The normalized spacial score (nSPS) is 14.7. The van der Waals surface area contributed by atoms with E-state index in [4.69, 9.17) is 27.9 Å². The number of alkyl halides is 1. The molecule has 152 valence electrons. The number of carbonyl (C=O) groups excluding carboxylic acids is 2. The van der Waals surface area contributed by atoms with E-state index in [0.29, 0.717) is 21.3 Å². The van der Waals surface area contributed by atoms with Gasteiger partial charge in [-0.1, -0.05) is 53.5 Å². The molecule has 29 heavy (non-hydrogen) atoms. The van der Waals surface area contributed by atoms with Crippen LogP contribution in [0.5, 0.6) is 0 Å². The lowest BCUT2D eigenvalue weighted by Gasteiger charge is -2.40. The molecule has 0 spiro atoms. The van der Waals surface area contributed by atoms with Crippen molar-refractivity contribution in [2.75, 3.05) is 18.7 Å². The Morgan fingerprint density at radius 2 is 1.79 bits per heavy atom. The summed E-state index contributed by atoms with van der Waals surface area (Å²) in [7, 11) is 0. The van der Waals surface area contributed by atoms with Crippen molar-refractivity contribution in [3.63, 3.8) is 0 Å². The van der Waals surface area contributed by atoms with Crippen LogP contribution in [0.25, 0.3) is 5.57 Å². The summed E-state index contributed by atoms with van der Waals surface area (Å²) >= 11 is 12.0. The van der Waals surface area contributed by atoms with E-state index in [0.717, 1.165) is 0 Å². The molecule has 0 saturated carbocycles. The highest BCUT2D eigenvalue weighted by molar-refractivity contribution is 6.35. The minimum Gasteiger partial charge on any atom is -0.474 e. The SMILES string of the molecule is CC(C)(C(=O)Nc1cc(Cl)cc(Cl)c1)N1COC(CF)=C(c2ccccc2)C1=O. The molecule has 3 rings (SSSR count). The summed E-state index contributed by atoms with van der Waals surface area (Å²) in [4.78, 5) is 27.4. The van der Waals surface area contributed by atoms with E-state index >= 15 is 0 Å². The van der Waals surface area contributed by atoms with Crippen LogP contribution in [0.3, 0.4) is 0 Å². The van der Waals surface area contributed by atoms with Crippen molar-refractivity contribution in [3.8, 4) is 0 Å². The third kappa shape index (κ3) is 4.38. The smallest absolute Gasteiger partial charge is 0.261 e. The van der Waals surface area contributed by atoms with E-state index in [1.54, 1.807) is 62.4 Å². The fraction of sp³-hybridized carbons (Fsp3) is 0.238. The number of halogens is 3. The van der Waals surface area contributed by atoms with Gasteiger partial charge in [0.05, 0.1) is 5.57 Å². The van der Waals surface area contributed by atoms with Gasteiger partial charge in [0.25, 0.3) is 5.91 Å². The van der Waals surface area contributed by atoms with Crippen molar-refractivity contribution in [1.82, 2.24) is 4.90 Å². The van der Waals surface area contributed by atoms with Crippen molar-refractivity contribution in [3.05, 3.63) is 69.9 Å². The van der Waals surface area contributed by atoms with Gasteiger partial charge in [-0.05, 0) is 37.6 Å². The lowest BCUT2D eigenvalue weighted by Crippen LogP contribution is -2.57. The monoisotopic (exact) mass is 436 g/mol. The van der Waals surface area contributed by atoms with Crippen LogP contribution in [0.4, 0.5) is 10.1 Å². The maximum atomic E-state index is 13.5. The van der Waals surface area contributed by atoms with Crippen molar-refractivity contribution >= 4 is 46.3 Å². The molecular formula is C21H19Cl2FN2O3. The molecule has 1 N–H and O–H groups in total. The molecule has 1 aliphatic rings. The van der Waals surface area contributed by atoms with E-state index in [2.05, 4.69) is 5.32 Å². The third-order valence-corrected chi connectivity index (χ3v) is 5.08. The average molecular weight is 437 g/mol. The van der Waals surface area contributed by atoms with Crippen LogP contribution in [-0.4, -0.2) is 35.7 Å². The molecule has 0 atom stereocenters. The van der Waals surface area contributed by atoms with Crippen LogP contribution in [0.2, 0.25) is 10.0 Å². The number of ether oxygens (including phenoxy) is 1. The molecule has 0 saturated heterocycles. The van der Waals surface area contributed by atoms with E-state index in [-0.39, 0.29) is 18.1 Å². The first kappa shape index (κ1) is 21.1. The summed E-state index contributed by atoms with van der Waals surface area (Å²) in [6.45, 7) is 2.00. The summed E-state index contributed by atoms with van der Waals surface area (Å²) in [6.07, 6.45) is 0. The molecule has 0 bridgehead atoms. The number of benzene rings is 2. The number of amides is 2. The Morgan fingerprint density at radius 1 is 1.17 bits per heavy atom. The molecule has 2 aromatic carbocycles. The topological polar surface area (TPSA) is 58.6 Å². The van der Waals surface area contributed by atoms with Crippen molar-refractivity contribution in [2.45, 2.75) is 19.4 Å². The van der Waals surface area contributed by atoms with Gasteiger partial charge in [0.1, 0.15) is 18.0 Å². The first-order chi connectivity index (χ1) is 13.7. The second-order valence-corrected chi connectivity index (χ2v) is 7.85. The maximum Gasteiger partial charge on any atom is 0.261 e. The quantitative estimate of drug-likeness (QED) is 0.724. The number of hydrogen-bond acceptors (Lipinski definition) is 3. The predicted octanol–water partition coefficient (Wildman–Crippen LogP) is 4.91. The zero-order valence-electron chi connectivity index (χ0n) is 15.8. The average Bonchev–Trinajstić information content (AvgIpc) is 2.67. The molecular weight excluding hydrogens is 418 g/mol. The number of nitrogens with zero attached hydrogens (tertiary/aromatic N) is 1. The molecule has 0 aromatic heterocycles. The van der Waals surface area contributed by atoms with Crippen LogP contribution in [-0.2, 0) is 14.3 Å². The Labute approximate surface area is 178 Å². The zero-order valence-corrected chi connectivity index (χ0v) is 17.4. The van der Waals surface area contributed by atoms with Gasteiger partial charge in [-0.2, -0.15) is 0 Å². The second-order valence-electron chi connectivity index (χ2n) is 6.98. The number of carbonyl (C=O) groups is 2. The van der Waals surface area contributed by atoms with Crippen molar-refractivity contribution in [1.29, 1.82) is 0 Å². The number of nitrogens with one attached hydrogen (secondary N) is 1. The fourth-order valence-electron chi connectivity index (χ4n) is 2.97. The highest BCUT2D eigenvalue weighted by atomic mass is 35.5. The Bertz CT molecular complexity index is 957. The van der Waals surface area contributed by atoms with Gasteiger partial charge in [-0.3, -0.25) is 14.5 Å². The molecule has 1 heterocycles. The Balaban J connectivity index is 1.89. The van der Waals surface area contributed by atoms with Gasteiger partial charge >= 0.3 is 0 Å². The van der Waals surface area contributed by atoms with Gasteiger partial charge in [-0.25, -0.2) is 4.39 Å². The molecule has 0 fully saturated rings. The van der Waals surface area contributed by atoms with Crippen LogP contribution >= 0.6 is 23.2 Å². The summed E-state index contributed by atoms with van der Waals surface area (Å²) in [5, 5.41) is 3.45. The predicted molar refractivity (Wildman–Crippen MR) is 111 cm³/mol. The molecule has 8 heteroatoms. The number of anilines is 1. The summed E-state index contributed by atoms with van der Waals surface area (Å²) in [5.74, 6) is -1.00. The van der Waals surface area contributed by atoms with Gasteiger partial charge < -0.3 is 10.1 Å². The highest BCUT2D eigenvalue weighted by Crippen LogP contribution is 2.32. The lowest BCUT2D eigenvalue weighted by molar-refractivity contribution is -0.147. The minimum absolute atomic E-state index is 0.0460. The lowest BCUT2D eigenvalue weighted by atomic mass is 9.96. The second kappa shape index (κ2) is 8.43. The number of hydrogen-bond donors (Lipinski definition) is 1. The largest absolute Gasteiger partial charge is 0.474 e. The van der Waals surface area contributed by atoms with Crippen LogP contribution < -0.4 is 5.32 Å². The van der Waals surface area contributed by atoms with Gasteiger partial charge in [0.15, 0.2) is 6.73 Å². The van der Waals surface area contributed by atoms with E-state index < -0.39 is 24.0 Å². The molecule has 1 aliphatic heterocycles. The standard InChI is InChI=1S/C21H19Cl2FN2O3/c1-21(2,20(28)25-16-9-14(22)8-15(23)10-16)26-12-29-17(11-24)18(19(26)27)13-6-4-3-5-7-13/h3-10H,11-12H2,1-2H3,(H,25,28). The van der Waals surface area contributed by atoms with Gasteiger partial charge in [0.2, 0.25) is 5.91 Å². The first-order valence-electron chi connectivity index (χ1n) is 8.81. The molecule has 2 aromatic rings.